The van der Waals surface area contributed by atoms with Crippen LogP contribution in [0.1, 0.15) is 6.92 Å². The summed E-state index contributed by atoms with van der Waals surface area (Å²) in [5.74, 6) is 0.491. The van der Waals surface area contributed by atoms with Gasteiger partial charge in [0.25, 0.3) is 0 Å². The summed E-state index contributed by atoms with van der Waals surface area (Å²) >= 11 is 1.46. The summed E-state index contributed by atoms with van der Waals surface area (Å²) in [4.78, 5) is 0.962. The fourth-order valence-corrected chi connectivity index (χ4v) is 4.10. The molecule has 0 aliphatic heterocycles. The van der Waals surface area contributed by atoms with Crippen molar-refractivity contribution in [3.63, 3.8) is 0 Å². The molecule has 0 saturated heterocycles. The molecule has 0 atom stereocenters. The number of hydrogen-bond donors (Lipinski definition) is 2. The standard InChI is InChI=1S/C13H18N4O2S2/c1-2-17-10-12(9-15-17)16-21(18,19)7-6-20-13-5-3-4-11(14)8-13/h3-5,8-10,16H,2,6-7,14H2,1H3. The van der Waals surface area contributed by atoms with Gasteiger partial charge in [-0.3, -0.25) is 9.40 Å². The van der Waals surface area contributed by atoms with E-state index in [1.165, 1.54) is 18.0 Å². The van der Waals surface area contributed by atoms with E-state index in [-0.39, 0.29) is 5.75 Å². The lowest BCUT2D eigenvalue weighted by Crippen LogP contribution is -2.17. The Kier molecular flexibility index (Phi) is 5.13. The van der Waals surface area contributed by atoms with Crippen LogP contribution in [-0.2, 0) is 16.6 Å². The molecule has 3 N–H and O–H groups in total. The highest BCUT2D eigenvalue weighted by Gasteiger charge is 2.11. The Morgan fingerprint density at radius 2 is 2.24 bits per heavy atom. The number of aryl methyl sites for hydroxylation is 1. The van der Waals surface area contributed by atoms with Gasteiger partial charge in [-0.25, -0.2) is 8.42 Å². The highest BCUT2D eigenvalue weighted by Crippen LogP contribution is 2.20. The zero-order valence-corrected chi connectivity index (χ0v) is 13.3. The molecular formula is C13H18N4O2S2. The lowest BCUT2D eigenvalue weighted by atomic mass is 10.3. The molecule has 0 saturated carbocycles. The van der Waals surface area contributed by atoms with Crippen LogP contribution in [0.25, 0.3) is 0 Å². The molecular weight excluding hydrogens is 308 g/mol. The summed E-state index contributed by atoms with van der Waals surface area (Å²) in [6.07, 6.45) is 3.18. The Morgan fingerprint density at radius 1 is 1.43 bits per heavy atom. The first-order valence-electron chi connectivity index (χ1n) is 6.50. The van der Waals surface area contributed by atoms with Gasteiger partial charge in [0.05, 0.1) is 17.6 Å². The number of nitrogens with two attached hydrogens (primary N) is 1. The van der Waals surface area contributed by atoms with Crippen LogP contribution in [0, 0.1) is 0 Å². The van der Waals surface area contributed by atoms with E-state index in [1.807, 2.05) is 25.1 Å². The summed E-state index contributed by atoms with van der Waals surface area (Å²) in [7, 11) is -3.37. The van der Waals surface area contributed by atoms with Crippen molar-refractivity contribution in [2.45, 2.75) is 18.4 Å². The molecule has 0 radical (unpaired) electrons. The molecule has 0 amide bonds. The van der Waals surface area contributed by atoms with Crippen molar-refractivity contribution in [1.29, 1.82) is 0 Å². The lowest BCUT2D eigenvalue weighted by Gasteiger charge is -2.06. The zero-order valence-electron chi connectivity index (χ0n) is 11.7. The SMILES string of the molecule is CCn1cc(NS(=O)(=O)CCSc2cccc(N)c2)cn1. The minimum absolute atomic E-state index is 0.0315. The van der Waals surface area contributed by atoms with Crippen LogP contribution in [-0.4, -0.2) is 29.7 Å². The summed E-state index contributed by atoms with van der Waals surface area (Å²) in [5, 5.41) is 4.03. The van der Waals surface area contributed by atoms with Gasteiger partial charge >= 0.3 is 0 Å². The molecule has 0 bridgehead atoms. The summed E-state index contributed by atoms with van der Waals surface area (Å²) in [6.45, 7) is 2.64. The zero-order chi connectivity index (χ0) is 15.3. The lowest BCUT2D eigenvalue weighted by molar-refractivity contribution is 0.602. The van der Waals surface area contributed by atoms with Crippen LogP contribution in [0.15, 0.2) is 41.6 Å². The average Bonchev–Trinajstić information content (AvgIpc) is 2.85. The third kappa shape index (κ3) is 4.98. The topological polar surface area (TPSA) is 90.0 Å². The van der Waals surface area contributed by atoms with Crippen LogP contribution in [0.4, 0.5) is 11.4 Å². The molecule has 2 rings (SSSR count). The minimum atomic E-state index is -3.37. The Hall–Kier alpha value is -1.67. The van der Waals surface area contributed by atoms with E-state index in [4.69, 9.17) is 5.73 Å². The molecule has 0 spiro atoms. The number of nitrogens with zero attached hydrogens (tertiary/aromatic N) is 2. The largest absolute Gasteiger partial charge is 0.399 e. The monoisotopic (exact) mass is 326 g/mol. The number of rotatable bonds is 7. The minimum Gasteiger partial charge on any atom is -0.399 e. The molecule has 2 aromatic rings. The predicted molar refractivity (Wildman–Crippen MR) is 86.9 cm³/mol. The van der Waals surface area contributed by atoms with E-state index in [0.717, 1.165) is 4.90 Å². The van der Waals surface area contributed by atoms with Gasteiger partial charge in [-0.15, -0.1) is 11.8 Å². The van der Waals surface area contributed by atoms with Crippen molar-refractivity contribution in [3.8, 4) is 0 Å². The van der Waals surface area contributed by atoms with Gasteiger partial charge in [0.15, 0.2) is 0 Å². The number of thioether (sulfide) groups is 1. The van der Waals surface area contributed by atoms with Gasteiger partial charge in [0.2, 0.25) is 10.0 Å². The van der Waals surface area contributed by atoms with E-state index in [2.05, 4.69) is 9.82 Å². The normalized spacial score (nSPS) is 11.5. The molecule has 8 heteroatoms. The number of anilines is 2. The molecule has 0 unspecified atom stereocenters. The second-order valence-corrected chi connectivity index (χ2v) is 7.44. The summed E-state index contributed by atoms with van der Waals surface area (Å²) < 4.78 is 28.1. The molecule has 6 nitrogen and oxygen atoms in total. The van der Waals surface area contributed by atoms with Crippen molar-refractivity contribution in [2.24, 2.45) is 0 Å². The number of benzene rings is 1. The van der Waals surface area contributed by atoms with Crippen molar-refractivity contribution in [2.75, 3.05) is 22.0 Å². The second kappa shape index (κ2) is 6.86. The van der Waals surface area contributed by atoms with Gasteiger partial charge in [0, 0.05) is 29.1 Å². The summed E-state index contributed by atoms with van der Waals surface area (Å²) in [5.41, 5.74) is 6.85. The Balaban J connectivity index is 1.86. The van der Waals surface area contributed by atoms with Crippen molar-refractivity contribution < 1.29 is 8.42 Å². The number of nitrogens with one attached hydrogen (secondary N) is 1. The van der Waals surface area contributed by atoms with Gasteiger partial charge < -0.3 is 5.73 Å². The van der Waals surface area contributed by atoms with Crippen LogP contribution < -0.4 is 10.5 Å². The maximum absolute atomic E-state index is 12.0. The van der Waals surface area contributed by atoms with Crippen LogP contribution in [0.2, 0.25) is 0 Å². The van der Waals surface area contributed by atoms with Gasteiger partial charge in [-0.05, 0) is 25.1 Å². The number of aromatic nitrogens is 2. The molecule has 0 fully saturated rings. The number of sulfonamides is 1. The third-order valence-corrected chi connectivity index (χ3v) is 5.25. The first kappa shape index (κ1) is 15.7. The summed E-state index contributed by atoms with van der Waals surface area (Å²) in [6, 6.07) is 7.39. The predicted octanol–water partition coefficient (Wildman–Crippen LogP) is 2.02. The quantitative estimate of drug-likeness (QED) is 0.600. The first-order chi connectivity index (χ1) is 9.98. The van der Waals surface area contributed by atoms with Gasteiger partial charge in [-0.2, -0.15) is 5.10 Å². The van der Waals surface area contributed by atoms with Crippen molar-refractivity contribution in [3.05, 3.63) is 36.7 Å². The Morgan fingerprint density at radius 3 is 2.90 bits per heavy atom. The van der Waals surface area contributed by atoms with Crippen LogP contribution >= 0.6 is 11.8 Å². The van der Waals surface area contributed by atoms with E-state index >= 15 is 0 Å². The molecule has 1 heterocycles. The van der Waals surface area contributed by atoms with E-state index in [9.17, 15) is 8.42 Å². The maximum Gasteiger partial charge on any atom is 0.233 e. The number of nitrogen functional groups attached to an aromatic ring is 1. The molecule has 1 aromatic heterocycles. The Bertz CT molecular complexity index is 698. The molecule has 0 aliphatic carbocycles. The van der Waals surface area contributed by atoms with Crippen LogP contribution in [0.5, 0.6) is 0 Å². The first-order valence-corrected chi connectivity index (χ1v) is 9.13. The molecule has 0 aliphatic rings. The molecule has 1 aromatic carbocycles. The highest BCUT2D eigenvalue weighted by atomic mass is 32.2. The van der Waals surface area contributed by atoms with E-state index < -0.39 is 10.0 Å². The smallest absolute Gasteiger partial charge is 0.233 e. The molecule has 114 valence electrons. The fraction of sp³-hybridized carbons (Fsp3) is 0.308. The highest BCUT2D eigenvalue weighted by molar-refractivity contribution is 8.01. The fourth-order valence-electron chi connectivity index (χ4n) is 1.69. The van der Waals surface area contributed by atoms with Crippen molar-refractivity contribution in [1.82, 2.24) is 9.78 Å². The van der Waals surface area contributed by atoms with E-state index in [1.54, 1.807) is 16.9 Å². The van der Waals surface area contributed by atoms with Gasteiger partial charge in [0.1, 0.15) is 0 Å². The van der Waals surface area contributed by atoms with Crippen molar-refractivity contribution >= 4 is 33.2 Å². The number of hydrogen-bond acceptors (Lipinski definition) is 5. The Labute approximate surface area is 128 Å². The molecule has 21 heavy (non-hydrogen) atoms. The van der Waals surface area contributed by atoms with Crippen LogP contribution in [0.3, 0.4) is 0 Å². The third-order valence-electron chi connectivity index (χ3n) is 2.71. The van der Waals surface area contributed by atoms with Gasteiger partial charge in [-0.1, -0.05) is 6.07 Å². The maximum atomic E-state index is 12.0. The van der Waals surface area contributed by atoms with E-state index in [0.29, 0.717) is 23.7 Å². The average molecular weight is 326 g/mol. The second-order valence-electron chi connectivity index (χ2n) is 4.43.